The van der Waals surface area contributed by atoms with Crippen LogP contribution in [-0.4, -0.2) is 34.1 Å². The van der Waals surface area contributed by atoms with Crippen molar-refractivity contribution in [2.75, 3.05) is 11.9 Å². The summed E-state index contributed by atoms with van der Waals surface area (Å²) in [4.78, 5) is 10.5. The van der Waals surface area contributed by atoms with E-state index in [0.717, 1.165) is 12.2 Å². The normalized spacial score (nSPS) is 13.7. The van der Waals surface area contributed by atoms with Gasteiger partial charge in [-0.15, -0.1) is 0 Å². The highest BCUT2D eigenvalue weighted by atomic mass is 16.4. The van der Waals surface area contributed by atoms with Gasteiger partial charge in [0, 0.05) is 13.1 Å². The van der Waals surface area contributed by atoms with E-state index in [1.165, 1.54) is 6.20 Å². The first-order chi connectivity index (χ1) is 8.45. The molecule has 0 radical (unpaired) electrons. The van der Waals surface area contributed by atoms with Crippen LogP contribution in [0.4, 0.5) is 5.82 Å². The summed E-state index contributed by atoms with van der Waals surface area (Å²) in [5.74, 6) is 1.37. The molecule has 3 N–H and O–H groups in total. The Labute approximate surface area is 108 Å². The first kappa shape index (κ1) is 14.2. The summed E-state index contributed by atoms with van der Waals surface area (Å²) < 4.78 is 0. The molecule has 0 aromatic carbocycles. The molecule has 0 bridgehead atoms. The van der Waals surface area contributed by atoms with Gasteiger partial charge in [-0.05, 0) is 19.3 Å². The molecule has 1 unspecified atom stereocenters. The molecule has 0 fully saturated rings. The lowest BCUT2D eigenvalue weighted by Crippen LogP contribution is -2.31. The third-order valence-corrected chi connectivity index (χ3v) is 2.84. The van der Waals surface area contributed by atoms with Crippen LogP contribution in [0.15, 0.2) is 17.5 Å². The Morgan fingerprint density at radius 1 is 1.39 bits per heavy atom. The van der Waals surface area contributed by atoms with E-state index in [9.17, 15) is 0 Å². The van der Waals surface area contributed by atoms with Crippen molar-refractivity contribution in [3.63, 3.8) is 0 Å². The Hall–Kier alpha value is -1.85. The third-order valence-electron chi connectivity index (χ3n) is 2.84. The van der Waals surface area contributed by atoms with Gasteiger partial charge >= 0.3 is 0 Å². The fraction of sp³-hybridized carbons (Fsp3) is 0.583. The molecule has 1 aromatic rings. The van der Waals surface area contributed by atoms with Crippen LogP contribution in [0, 0.1) is 5.92 Å². The lowest BCUT2D eigenvalue weighted by atomic mass is 10.0. The molecule has 0 amide bonds. The summed E-state index contributed by atoms with van der Waals surface area (Å²) in [5, 5.41) is 11.4. The van der Waals surface area contributed by atoms with Gasteiger partial charge in [0.15, 0.2) is 5.84 Å². The van der Waals surface area contributed by atoms with Gasteiger partial charge in [-0.25, -0.2) is 9.97 Å². The number of rotatable bonds is 5. The molecule has 0 spiro atoms. The second-order valence-corrected chi connectivity index (χ2v) is 4.83. The van der Waals surface area contributed by atoms with E-state index < -0.39 is 0 Å². The number of nitrogens with two attached hydrogens (primary N) is 1. The number of oxime groups is 1. The Balaban J connectivity index is 2.78. The summed E-state index contributed by atoms with van der Waals surface area (Å²) in [6.45, 7) is 6.54. The minimum Gasteiger partial charge on any atom is -0.409 e. The van der Waals surface area contributed by atoms with Gasteiger partial charge in [0.1, 0.15) is 11.5 Å². The van der Waals surface area contributed by atoms with Crippen LogP contribution in [0.1, 0.15) is 32.9 Å². The van der Waals surface area contributed by atoms with Crippen LogP contribution in [0.5, 0.6) is 0 Å². The highest BCUT2D eigenvalue weighted by molar-refractivity contribution is 5.94. The zero-order valence-electron chi connectivity index (χ0n) is 11.3. The zero-order chi connectivity index (χ0) is 13.7. The van der Waals surface area contributed by atoms with E-state index in [1.807, 2.05) is 7.05 Å². The van der Waals surface area contributed by atoms with Gasteiger partial charge < -0.3 is 15.8 Å². The van der Waals surface area contributed by atoms with Gasteiger partial charge in [0.2, 0.25) is 0 Å². The highest BCUT2D eigenvalue weighted by Gasteiger charge is 2.13. The molecule has 0 aliphatic carbocycles. The second-order valence-electron chi connectivity index (χ2n) is 4.83. The van der Waals surface area contributed by atoms with Crippen molar-refractivity contribution in [1.82, 2.24) is 9.97 Å². The van der Waals surface area contributed by atoms with Gasteiger partial charge in [-0.1, -0.05) is 19.0 Å². The molecule has 1 atom stereocenters. The summed E-state index contributed by atoms with van der Waals surface area (Å²) >= 11 is 0. The molecular formula is C12H21N5O. The molecule has 0 saturated carbocycles. The van der Waals surface area contributed by atoms with E-state index >= 15 is 0 Å². The molecule has 6 nitrogen and oxygen atoms in total. The molecule has 1 aromatic heterocycles. The van der Waals surface area contributed by atoms with E-state index in [2.05, 4.69) is 40.8 Å². The van der Waals surface area contributed by atoms with Crippen LogP contribution in [-0.2, 0) is 0 Å². The summed E-state index contributed by atoms with van der Waals surface area (Å²) in [5.41, 5.74) is 5.80. The smallest absolute Gasteiger partial charge is 0.190 e. The summed E-state index contributed by atoms with van der Waals surface area (Å²) in [6.07, 6.45) is 4.22. The summed E-state index contributed by atoms with van der Waals surface area (Å²) in [7, 11) is 1.99. The maximum Gasteiger partial charge on any atom is 0.190 e. The van der Waals surface area contributed by atoms with Crippen molar-refractivity contribution < 1.29 is 5.21 Å². The van der Waals surface area contributed by atoms with Crippen molar-refractivity contribution in [3.05, 3.63) is 18.1 Å². The monoisotopic (exact) mass is 251 g/mol. The van der Waals surface area contributed by atoms with Gasteiger partial charge in [0.05, 0.1) is 12.4 Å². The summed E-state index contributed by atoms with van der Waals surface area (Å²) in [6, 6.07) is 0.383. The quantitative estimate of drug-likeness (QED) is 0.358. The largest absolute Gasteiger partial charge is 0.409 e. The molecule has 6 heteroatoms. The van der Waals surface area contributed by atoms with Crippen LogP contribution in [0.3, 0.4) is 0 Å². The molecule has 100 valence electrons. The first-order valence-corrected chi connectivity index (χ1v) is 5.98. The van der Waals surface area contributed by atoms with E-state index in [-0.39, 0.29) is 5.84 Å². The number of aromatic nitrogens is 2. The second kappa shape index (κ2) is 6.18. The Bertz CT molecular complexity index is 401. The molecule has 1 rings (SSSR count). The van der Waals surface area contributed by atoms with Gasteiger partial charge in [0.25, 0.3) is 0 Å². The van der Waals surface area contributed by atoms with Crippen molar-refractivity contribution in [1.29, 1.82) is 0 Å². The van der Waals surface area contributed by atoms with E-state index in [0.29, 0.717) is 17.7 Å². The maximum atomic E-state index is 8.54. The molecule has 0 aliphatic rings. The van der Waals surface area contributed by atoms with Crippen molar-refractivity contribution >= 4 is 11.7 Å². The van der Waals surface area contributed by atoms with Crippen molar-refractivity contribution in [2.24, 2.45) is 16.8 Å². The lowest BCUT2D eigenvalue weighted by molar-refractivity contribution is 0.318. The fourth-order valence-electron chi connectivity index (χ4n) is 1.75. The minimum atomic E-state index is -0.0352. The standard InChI is InChI=1S/C12H21N5O/c1-8(2)5-9(3)17(4)11-7-14-10(6-15-11)12(13)16-18/h6-9,18H,5H2,1-4H3,(H2,13,16). The van der Waals surface area contributed by atoms with E-state index in [4.69, 9.17) is 10.9 Å². The number of hydrogen-bond donors (Lipinski definition) is 2. The maximum absolute atomic E-state index is 8.54. The number of hydrogen-bond acceptors (Lipinski definition) is 5. The molecule has 1 heterocycles. The molecule has 0 saturated heterocycles. The minimum absolute atomic E-state index is 0.0352. The average molecular weight is 251 g/mol. The number of anilines is 1. The Morgan fingerprint density at radius 3 is 2.50 bits per heavy atom. The molecular weight excluding hydrogens is 230 g/mol. The van der Waals surface area contributed by atoms with Crippen LogP contribution >= 0.6 is 0 Å². The zero-order valence-corrected chi connectivity index (χ0v) is 11.3. The predicted octanol–water partition coefficient (Wildman–Crippen LogP) is 1.44. The average Bonchev–Trinajstić information content (AvgIpc) is 2.36. The highest BCUT2D eigenvalue weighted by Crippen LogP contribution is 2.15. The molecule has 0 aliphatic heterocycles. The Kier molecular flexibility index (Phi) is 4.88. The van der Waals surface area contributed by atoms with E-state index in [1.54, 1.807) is 6.20 Å². The third kappa shape index (κ3) is 3.58. The number of nitrogens with zero attached hydrogens (tertiary/aromatic N) is 4. The molecule has 18 heavy (non-hydrogen) atoms. The van der Waals surface area contributed by atoms with Crippen LogP contribution in [0.25, 0.3) is 0 Å². The SMILES string of the molecule is CC(C)CC(C)N(C)c1cnc(C(N)=NO)cn1. The van der Waals surface area contributed by atoms with Crippen LogP contribution in [0.2, 0.25) is 0 Å². The first-order valence-electron chi connectivity index (χ1n) is 5.98. The number of amidine groups is 1. The van der Waals surface area contributed by atoms with Crippen LogP contribution < -0.4 is 10.6 Å². The Morgan fingerprint density at radius 2 is 2.06 bits per heavy atom. The lowest BCUT2D eigenvalue weighted by Gasteiger charge is -2.27. The van der Waals surface area contributed by atoms with Gasteiger partial charge in [-0.2, -0.15) is 0 Å². The van der Waals surface area contributed by atoms with Crippen molar-refractivity contribution in [2.45, 2.75) is 33.2 Å². The fourth-order valence-corrected chi connectivity index (χ4v) is 1.75. The predicted molar refractivity (Wildman–Crippen MR) is 71.9 cm³/mol. The topological polar surface area (TPSA) is 87.6 Å². The van der Waals surface area contributed by atoms with Gasteiger partial charge in [-0.3, -0.25) is 0 Å². The van der Waals surface area contributed by atoms with Crippen molar-refractivity contribution in [3.8, 4) is 0 Å².